The van der Waals surface area contributed by atoms with Crippen LogP contribution in [0.5, 0.6) is 0 Å². The third-order valence-electron chi connectivity index (χ3n) is 6.01. The summed E-state index contributed by atoms with van der Waals surface area (Å²) >= 11 is 0. The fraction of sp³-hybridized carbons (Fsp3) is 0.500. The molecule has 0 spiro atoms. The minimum Gasteiger partial charge on any atom is -0.352 e. The summed E-state index contributed by atoms with van der Waals surface area (Å²) in [5, 5.41) is 11.8. The molecule has 0 aromatic carbocycles. The molecule has 3 aromatic heterocycles. The fourth-order valence-corrected chi connectivity index (χ4v) is 4.58. The number of rotatable bonds is 3. The standard InChI is InChI=1S/C18H22N8O/c1-18-11-24(8-13-3-5-23(2)15(27)7-13)9-14(18)10-25(12-18)16-17-20-21-22-26(17)6-4-19-16/h3-7,14H,8-12H2,1-2H3/t14-,18+/m1/s1. The highest BCUT2D eigenvalue weighted by molar-refractivity contribution is 5.63. The summed E-state index contributed by atoms with van der Waals surface area (Å²) in [6.07, 6.45) is 5.36. The van der Waals surface area contributed by atoms with E-state index in [1.54, 1.807) is 34.6 Å². The van der Waals surface area contributed by atoms with E-state index in [1.807, 2.05) is 12.3 Å². The molecule has 9 heteroatoms. The zero-order valence-electron chi connectivity index (χ0n) is 15.5. The molecule has 2 aliphatic heterocycles. The van der Waals surface area contributed by atoms with Gasteiger partial charge < -0.3 is 9.47 Å². The molecule has 140 valence electrons. The molecule has 3 aromatic rings. The van der Waals surface area contributed by atoms with Gasteiger partial charge in [0.1, 0.15) is 0 Å². The number of aromatic nitrogens is 6. The predicted molar refractivity (Wildman–Crippen MR) is 99.3 cm³/mol. The van der Waals surface area contributed by atoms with Crippen molar-refractivity contribution in [3.05, 3.63) is 46.6 Å². The second kappa shape index (κ2) is 5.85. The summed E-state index contributed by atoms with van der Waals surface area (Å²) in [5.41, 5.74) is 2.03. The number of pyridine rings is 1. The maximum absolute atomic E-state index is 11.9. The minimum absolute atomic E-state index is 0.0466. The molecule has 0 unspecified atom stereocenters. The van der Waals surface area contributed by atoms with Crippen LogP contribution in [-0.4, -0.2) is 60.7 Å². The molecule has 0 amide bonds. The Morgan fingerprint density at radius 3 is 2.96 bits per heavy atom. The van der Waals surface area contributed by atoms with Gasteiger partial charge in [-0.1, -0.05) is 6.92 Å². The first-order valence-electron chi connectivity index (χ1n) is 9.17. The Kier molecular flexibility index (Phi) is 3.55. The molecule has 5 rings (SSSR count). The van der Waals surface area contributed by atoms with E-state index in [-0.39, 0.29) is 11.0 Å². The van der Waals surface area contributed by atoms with Crippen molar-refractivity contribution in [1.82, 2.24) is 34.5 Å². The summed E-state index contributed by atoms with van der Waals surface area (Å²) in [4.78, 5) is 21.2. The molecule has 2 fully saturated rings. The molecule has 0 bridgehead atoms. The van der Waals surface area contributed by atoms with Crippen LogP contribution in [0, 0.1) is 11.3 Å². The van der Waals surface area contributed by atoms with Gasteiger partial charge in [-0.15, -0.1) is 5.10 Å². The maximum atomic E-state index is 11.9. The van der Waals surface area contributed by atoms with Gasteiger partial charge in [-0.25, -0.2) is 4.98 Å². The zero-order valence-corrected chi connectivity index (χ0v) is 15.5. The normalized spacial score (nSPS) is 25.4. The van der Waals surface area contributed by atoms with Crippen molar-refractivity contribution in [2.45, 2.75) is 13.5 Å². The van der Waals surface area contributed by atoms with Crippen LogP contribution in [0.4, 0.5) is 5.82 Å². The quantitative estimate of drug-likeness (QED) is 0.654. The Balaban J connectivity index is 1.33. The highest BCUT2D eigenvalue weighted by Crippen LogP contribution is 2.43. The Morgan fingerprint density at radius 1 is 1.26 bits per heavy atom. The smallest absolute Gasteiger partial charge is 0.250 e. The van der Waals surface area contributed by atoms with Crippen LogP contribution in [0.3, 0.4) is 0 Å². The molecule has 0 radical (unpaired) electrons. The largest absolute Gasteiger partial charge is 0.352 e. The summed E-state index contributed by atoms with van der Waals surface area (Å²) in [6.45, 7) is 7.09. The molecule has 27 heavy (non-hydrogen) atoms. The van der Waals surface area contributed by atoms with Crippen molar-refractivity contribution in [2.24, 2.45) is 18.4 Å². The zero-order chi connectivity index (χ0) is 18.6. The summed E-state index contributed by atoms with van der Waals surface area (Å²) in [5.74, 6) is 1.42. The monoisotopic (exact) mass is 366 g/mol. The van der Waals surface area contributed by atoms with E-state index in [0.29, 0.717) is 11.6 Å². The number of hydrogen-bond acceptors (Lipinski definition) is 7. The summed E-state index contributed by atoms with van der Waals surface area (Å²) in [6, 6.07) is 3.78. The van der Waals surface area contributed by atoms with Gasteiger partial charge >= 0.3 is 0 Å². The molecule has 2 aliphatic rings. The van der Waals surface area contributed by atoms with Gasteiger partial charge in [-0.3, -0.25) is 9.69 Å². The average Bonchev–Trinajstić information content (AvgIpc) is 3.29. The van der Waals surface area contributed by atoms with Gasteiger partial charge in [0, 0.05) is 63.6 Å². The first-order chi connectivity index (χ1) is 13.0. The van der Waals surface area contributed by atoms with E-state index in [4.69, 9.17) is 0 Å². The predicted octanol–water partition coefficient (Wildman–Crippen LogP) is 0.176. The molecule has 9 nitrogen and oxygen atoms in total. The number of tetrazole rings is 1. The maximum Gasteiger partial charge on any atom is 0.250 e. The van der Waals surface area contributed by atoms with E-state index in [2.05, 4.69) is 37.2 Å². The van der Waals surface area contributed by atoms with E-state index in [9.17, 15) is 4.79 Å². The first-order valence-corrected chi connectivity index (χ1v) is 9.17. The van der Waals surface area contributed by atoms with E-state index < -0.39 is 0 Å². The van der Waals surface area contributed by atoms with Gasteiger partial charge in [0.05, 0.1) is 6.20 Å². The Hall–Kier alpha value is -2.81. The van der Waals surface area contributed by atoms with Gasteiger partial charge in [-0.2, -0.15) is 4.52 Å². The van der Waals surface area contributed by atoms with Gasteiger partial charge in [0.25, 0.3) is 5.56 Å². The second-order valence-electron chi connectivity index (χ2n) is 8.08. The lowest BCUT2D eigenvalue weighted by atomic mass is 9.83. The lowest BCUT2D eigenvalue weighted by Gasteiger charge is -2.26. The fourth-order valence-electron chi connectivity index (χ4n) is 4.58. The molecule has 2 atom stereocenters. The SMILES string of the molecule is Cn1ccc(CN2C[C@@H]3CN(c4nccn5nnnc45)C[C@]3(C)C2)cc1=O. The third-order valence-corrected chi connectivity index (χ3v) is 6.01. The third kappa shape index (κ3) is 2.69. The number of likely N-dealkylation sites (tertiary alicyclic amines) is 1. The first kappa shape index (κ1) is 16.4. The van der Waals surface area contributed by atoms with Gasteiger partial charge in [0.15, 0.2) is 5.82 Å². The highest BCUT2D eigenvalue weighted by Gasteiger charge is 2.49. The van der Waals surface area contributed by atoms with Crippen LogP contribution in [0.1, 0.15) is 12.5 Å². The number of anilines is 1. The molecule has 0 N–H and O–H groups in total. The number of nitrogens with zero attached hydrogens (tertiary/aromatic N) is 8. The summed E-state index contributed by atoms with van der Waals surface area (Å²) < 4.78 is 3.27. The number of hydrogen-bond donors (Lipinski definition) is 0. The number of fused-ring (bicyclic) bond motifs is 2. The summed E-state index contributed by atoms with van der Waals surface area (Å²) in [7, 11) is 1.78. The molecule has 0 aliphatic carbocycles. The van der Waals surface area contributed by atoms with Gasteiger partial charge in [0.2, 0.25) is 5.65 Å². The highest BCUT2D eigenvalue weighted by atomic mass is 16.1. The van der Waals surface area contributed by atoms with Crippen LogP contribution in [0.25, 0.3) is 5.65 Å². The topological polar surface area (TPSA) is 84.4 Å². The second-order valence-corrected chi connectivity index (χ2v) is 8.08. The van der Waals surface area contributed by atoms with Crippen molar-refractivity contribution in [2.75, 3.05) is 31.1 Å². The number of aryl methyl sites for hydroxylation is 1. The van der Waals surface area contributed by atoms with E-state index >= 15 is 0 Å². The Morgan fingerprint density at radius 2 is 2.15 bits per heavy atom. The van der Waals surface area contributed by atoms with E-state index in [1.165, 1.54) is 0 Å². The molecule has 2 saturated heterocycles. The Labute approximate surface area is 156 Å². The van der Waals surface area contributed by atoms with Crippen molar-refractivity contribution >= 4 is 11.5 Å². The van der Waals surface area contributed by atoms with E-state index in [0.717, 1.165) is 44.1 Å². The van der Waals surface area contributed by atoms with Crippen LogP contribution in [-0.2, 0) is 13.6 Å². The van der Waals surface area contributed by atoms with Crippen molar-refractivity contribution in [1.29, 1.82) is 0 Å². The van der Waals surface area contributed by atoms with Crippen LogP contribution < -0.4 is 10.5 Å². The molecule has 5 heterocycles. The molecular weight excluding hydrogens is 344 g/mol. The molecule has 0 saturated carbocycles. The van der Waals surface area contributed by atoms with Crippen LogP contribution >= 0.6 is 0 Å². The van der Waals surface area contributed by atoms with Gasteiger partial charge in [-0.05, 0) is 28.0 Å². The van der Waals surface area contributed by atoms with Crippen molar-refractivity contribution < 1.29 is 0 Å². The van der Waals surface area contributed by atoms with Crippen LogP contribution in [0.2, 0.25) is 0 Å². The lowest BCUT2D eigenvalue weighted by molar-refractivity contribution is 0.276. The minimum atomic E-state index is 0.0466. The molecular formula is C18H22N8O. The van der Waals surface area contributed by atoms with Crippen molar-refractivity contribution in [3.8, 4) is 0 Å². The van der Waals surface area contributed by atoms with Crippen LogP contribution in [0.15, 0.2) is 35.5 Å². The Bertz CT molecular complexity index is 1060. The lowest BCUT2D eigenvalue weighted by Crippen LogP contribution is -2.33. The average molecular weight is 366 g/mol. The van der Waals surface area contributed by atoms with Crippen molar-refractivity contribution in [3.63, 3.8) is 0 Å².